The molecule has 0 fully saturated rings. The van der Waals surface area contributed by atoms with E-state index in [1.807, 2.05) is 29.7 Å². The van der Waals surface area contributed by atoms with E-state index in [1.165, 1.54) is 12.1 Å². The van der Waals surface area contributed by atoms with Crippen LogP contribution in [0.25, 0.3) is 16.8 Å². The topological polar surface area (TPSA) is 39.4 Å². The number of halogens is 3. The molecular formula is C15H12F3N3O. The normalized spacial score (nSPS) is 11.9. The van der Waals surface area contributed by atoms with Gasteiger partial charge >= 0.3 is 6.36 Å². The van der Waals surface area contributed by atoms with E-state index >= 15 is 0 Å². The molecule has 0 N–H and O–H groups in total. The average Bonchev–Trinajstić information content (AvgIpc) is 2.78. The minimum Gasteiger partial charge on any atom is -0.406 e. The second-order valence-corrected chi connectivity index (χ2v) is 4.92. The van der Waals surface area contributed by atoms with Gasteiger partial charge in [0, 0.05) is 6.20 Å². The average molecular weight is 307 g/mol. The first kappa shape index (κ1) is 14.4. The van der Waals surface area contributed by atoms with Crippen molar-refractivity contribution in [2.24, 2.45) is 0 Å². The van der Waals surface area contributed by atoms with Gasteiger partial charge in [0.15, 0.2) is 5.65 Å². The third kappa shape index (κ3) is 2.74. The fourth-order valence-corrected chi connectivity index (χ4v) is 2.32. The number of nitrogens with zero attached hydrogens (tertiary/aromatic N) is 3. The zero-order chi connectivity index (χ0) is 15.9. The summed E-state index contributed by atoms with van der Waals surface area (Å²) in [5.74, 6) is 0.516. The van der Waals surface area contributed by atoms with Crippen LogP contribution in [0.15, 0.2) is 36.5 Å². The van der Waals surface area contributed by atoms with E-state index in [1.54, 1.807) is 13.0 Å². The van der Waals surface area contributed by atoms with Gasteiger partial charge in [-0.1, -0.05) is 6.07 Å². The Bertz CT molecular complexity index is 840. The SMILES string of the molecule is Cc1cc(OC(F)(F)F)ccc1-c1ccc2nnc(C)n2c1. The van der Waals surface area contributed by atoms with Gasteiger partial charge in [-0.05, 0) is 54.8 Å². The standard InChI is InChI=1S/C15H12F3N3O/c1-9-7-12(22-15(16,17)18)4-5-13(9)11-3-6-14-20-19-10(2)21(14)8-11/h3-8H,1-2H3. The molecule has 4 nitrogen and oxygen atoms in total. The van der Waals surface area contributed by atoms with Crippen molar-refractivity contribution in [3.8, 4) is 16.9 Å². The number of pyridine rings is 1. The Morgan fingerprint density at radius 2 is 1.82 bits per heavy atom. The summed E-state index contributed by atoms with van der Waals surface area (Å²) in [6.07, 6.45) is -2.83. The summed E-state index contributed by atoms with van der Waals surface area (Å²) in [5, 5.41) is 7.97. The largest absolute Gasteiger partial charge is 0.573 e. The number of aryl methyl sites for hydroxylation is 2. The van der Waals surface area contributed by atoms with Gasteiger partial charge in [-0.2, -0.15) is 0 Å². The van der Waals surface area contributed by atoms with Crippen LogP contribution >= 0.6 is 0 Å². The lowest BCUT2D eigenvalue weighted by atomic mass is 10.0. The van der Waals surface area contributed by atoms with Gasteiger partial charge in [-0.25, -0.2) is 0 Å². The summed E-state index contributed by atoms with van der Waals surface area (Å²) in [5.41, 5.74) is 3.10. The molecule has 0 aliphatic rings. The van der Waals surface area contributed by atoms with Crippen LogP contribution in [0.5, 0.6) is 5.75 Å². The van der Waals surface area contributed by atoms with Gasteiger partial charge < -0.3 is 4.74 Å². The maximum absolute atomic E-state index is 12.2. The smallest absolute Gasteiger partial charge is 0.406 e. The summed E-state index contributed by atoms with van der Waals surface area (Å²) in [7, 11) is 0. The number of fused-ring (bicyclic) bond motifs is 1. The Kier molecular flexibility index (Phi) is 3.27. The Morgan fingerprint density at radius 1 is 1.05 bits per heavy atom. The van der Waals surface area contributed by atoms with Gasteiger partial charge in [-0.3, -0.25) is 4.40 Å². The quantitative estimate of drug-likeness (QED) is 0.720. The van der Waals surface area contributed by atoms with E-state index in [4.69, 9.17) is 0 Å². The molecule has 0 aliphatic heterocycles. The predicted octanol–water partition coefficient (Wildman–Crippen LogP) is 3.91. The van der Waals surface area contributed by atoms with E-state index in [0.29, 0.717) is 5.56 Å². The Morgan fingerprint density at radius 3 is 2.50 bits per heavy atom. The van der Waals surface area contributed by atoms with Gasteiger partial charge in [0.2, 0.25) is 0 Å². The minimum atomic E-state index is -4.69. The van der Waals surface area contributed by atoms with Crippen LogP contribution in [0.1, 0.15) is 11.4 Å². The highest BCUT2D eigenvalue weighted by Gasteiger charge is 2.31. The number of aromatic nitrogens is 3. The maximum atomic E-state index is 12.2. The van der Waals surface area contributed by atoms with E-state index in [2.05, 4.69) is 14.9 Å². The van der Waals surface area contributed by atoms with Crippen LogP contribution in [0, 0.1) is 13.8 Å². The first-order valence-electron chi connectivity index (χ1n) is 6.52. The van der Waals surface area contributed by atoms with Crippen LogP contribution in [-0.4, -0.2) is 21.0 Å². The number of ether oxygens (including phenoxy) is 1. The molecule has 2 aromatic heterocycles. The highest BCUT2D eigenvalue weighted by Crippen LogP contribution is 2.30. The highest BCUT2D eigenvalue weighted by atomic mass is 19.4. The van der Waals surface area contributed by atoms with Crippen LogP contribution < -0.4 is 4.74 Å². The number of alkyl halides is 3. The third-order valence-electron chi connectivity index (χ3n) is 3.32. The van der Waals surface area contributed by atoms with Gasteiger partial charge in [0.1, 0.15) is 11.6 Å². The lowest BCUT2D eigenvalue weighted by Crippen LogP contribution is -2.17. The van der Waals surface area contributed by atoms with Crippen molar-refractivity contribution in [2.45, 2.75) is 20.2 Å². The van der Waals surface area contributed by atoms with Crippen molar-refractivity contribution in [3.63, 3.8) is 0 Å². The molecule has 2 heterocycles. The molecule has 0 bridgehead atoms. The molecule has 22 heavy (non-hydrogen) atoms. The molecule has 3 rings (SSSR count). The minimum absolute atomic E-state index is 0.227. The first-order chi connectivity index (χ1) is 10.3. The number of hydrogen-bond acceptors (Lipinski definition) is 3. The summed E-state index contributed by atoms with van der Waals surface area (Å²) in [6.45, 7) is 3.57. The lowest BCUT2D eigenvalue weighted by molar-refractivity contribution is -0.274. The molecule has 0 spiro atoms. The second kappa shape index (κ2) is 5.01. The van der Waals surface area contributed by atoms with Crippen molar-refractivity contribution in [1.29, 1.82) is 0 Å². The van der Waals surface area contributed by atoms with Crippen LogP contribution in [0.3, 0.4) is 0 Å². The number of hydrogen-bond donors (Lipinski definition) is 0. The number of rotatable bonds is 2. The highest BCUT2D eigenvalue weighted by molar-refractivity contribution is 5.69. The molecule has 3 aromatic rings. The molecule has 0 atom stereocenters. The van der Waals surface area contributed by atoms with Crippen LogP contribution in [0.2, 0.25) is 0 Å². The van der Waals surface area contributed by atoms with Crippen molar-refractivity contribution in [1.82, 2.24) is 14.6 Å². The zero-order valence-electron chi connectivity index (χ0n) is 11.8. The van der Waals surface area contributed by atoms with E-state index in [0.717, 1.165) is 22.6 Å². The third-order valence-corrected chi connectivity index (χ3v) is 3.32. The monoisotopic (exact) mass is 307 g/mol. The van der Waals surface area contributed by atoms with Gasteiger partial charge in [-0.15, -0.1) is 23.4 Å². The maximum Gasteiger partial charge on any atom is 0.573 e. The summed E-state index contributed by atoms with van der Waals surface area (Å²) < 4.78 is 42.5. The Labute approximate surface area is 124 Å². The van der Waals surface area contributed by atoms with Gasteiger partial charge in [0.05, 0.1) is 0 Å². The molecule has 0 amide bonds. The van der Waals surface area contributed by atoms with Crippen molar-refractivity contribution < 1.29 is 17.9 Å². The summed E-state index contributed by atoms with van der Waals surface area (Å²) >= 11 is 0. The van der Waals surface area contributed by atoms with E-state index < -0.39 is 6.36 Å². The van der Waals surface area contributed by atoms with Crippen molar-refractivity contribution >= 4 is 5.65 Å². The summed E-state index contributed by atoms with van der Waals surface area (Å²) in [4.78, 5) is 0. The molecule has 0 saturated heterocycles. The molecular weight excluding hydrogens is 295 g/mol. The molecule has 114 valence electrons. The molecule has 0 saturated carbocycles. The lowest BCUT2D eigenvalue weighted by Gasteiger charge is -2.12. The van der Waals surface area contributed by atoms with Gasteiger partial charge in [0.25, 0.3) is 0 Å². The first-order valence-corrected chi connectivity index (χ1v) is 6.52. The van der Waals surface area contributed by atoms with Crippen LogP contribution in [-0.2, 0) is 0 Å². The molecule has 0 radical (unpaired) electrons. The molecule has 0 aliphatic carbocycles. The Balaban J connectivity index is 2.01. The van der Waals surface area contributed by atoms with Crippen LogP contribution in [0.4, 0.5) is 13.2 Å². The fraction of sp³-hybridized carbons (Fsp3) is 0.200. The predicted molar refractivity (Wildman–Crippen MR) is 74.6 cm³/mol. The fourth-order valence-electron chi connectivity index (χ4n) is 2.32. The molecule has 1 aromatic carbocycles. The van der Waals surface area contributed by atoms with Crippen molar-refractivity contribution in [2.75, 3.05) is 0 Å². The summed E-state index contributed by atoms with van der Waals surface area (Å²) in [6, 6.07) is 7.95. The second-order valence-electron chi connectivity index (χ2n) is 4.92. The number of benzene rings is 1. The molecule has 7 heteroatoms. The zero-order valence-corrected chi connectivity index (χ0v) is 11.8. The Hall–Kier alpha value is -2.57. The van der Waals surface area contributed by atoms with E-state index in [9.17, 15) is 13.2 Å². The molecule has 0 unspecified atom stereocenters. The van der Waals surface area contributed by atoms with Crippen molar-refractivity contribution in [3.05, 3.63) is 47.9 Å². The van der Waals surface area contributed by atoms with E-state index in [-0.39, 0.29) is 5.75 Å².